The average molecular weight is 299 g/mol. The van der Waals surface area contributed by atoms with Gasteiger partial charge in [-0.3, -0.25) is 0 Å². The molecular weight excluding hydrogens is 275 g/mol. The third-order valence-electron chi connectivity index (χ3n) is 4.40. The number of hydrogen-bond donors (Lipinski definition) is 1. The van der Waals surface area contributed by atoms with E-state index in [0.29, 0.717) is 6.04 Å². The molecule has 1 heterocycles. The van der Waals surface area contributed by atoms with E-state index in [2.05, 4.69) is 24.1 Å². The van der Waals surface area contributed by atoms with Gasteiger partial charge < -0.3 is 10.2 Å². The van der Waals surface area contributed by atoms with E-state index in [-0.39, 0.29) is 10.8 Å². The van der Waals surface area contributed by atoms with Gasteiger partial charge in [-0.1, -0.05) is 24.6 Å². The molecule has 0 saturated carbocycles. The van der Waals surface area contributed by atoms with Crippen LogP contribution in [0.4, 0.5) is 4.39 Å². The van der Waals surface area contributed by atoms with Gasteiger partial charge in [0.1, 0.15) is 5.82 Å². The Morgan fingerprint density at radius 3 is 2.70 bits per heavy atom. The second-order valence-corrected chi connectivity index (χ2v) is 6.10. The van der Waals surface area contributed by atoms with Gasteiger partial charge in [0.15, 0.2) is 0 Å². The predicted octanol–water partition coefficient (Wildman–Crippen LogP) is 3.69. The molecule has 1 fully saturated rings. The highest BCUT2D eigenvalue weighted by atomic mass is 35.5. The molecule has 1 N–H and O–H groups in total. The van der Waals surface area contributed by atoms with Crippen LogP contribution in [0.1, 0.15) is 32.3 Å². The summed E-state index contributed by atoms with van der Waals surface area (Å²) < 4.78 is 13.1. The van der Waals surface area contributed by atoms with Crippen LogP contribution < -0.4 is 5.32 Å². The van der Waals surface area contributed by atoms with Crippen LogP contribution in [0.15, 0.2) is 18.2 Å². The molecule has 0 spiro atoms. The van der Waals surface area contributed by atoms with Crippen molar-refractivity contribution in [3.63, 3.8) is 0 Å². The number of piperidine rings is 1. The first-order chi connectivity index (χ1) is 9.60. The zero-order chi connectivity index (χ0) is 14.5. The molecule has 0 radical (unpaired) electrons. The van der Waals surface area contributed by atoms with Crippen LogP contribution in [-0.4, -0.2) is 30.6 Å². The third-order valence-corrected chi connectivity index (χ3v) is 4.69. The van der Waals surface area contributed by atoms with Gasteiger partial charge in [0.05, 0.1) is 5.02 Å². The largest absolute Gasteiger partial charge is 0.310 e. The van der Waals surface area contributed by atoms with Crippen LogP contribution >= 0.6 is 11.6 Å². The van der Waals surface area contributed by atoms with Gasteiger partial charge in [-0.05, 0) is 63.0 Å². The molecule has 1 aromatic carbocycles. The summed E-state index contributed by atoms with van der Waals surface area (Å²) in [5.74, 6) is 0.379. The van der Waals surface area contributed by atoms with Crippen LogP contribution in [0, 0.1) is 11.7 Å². The number of rotatable bonds is 5. The van der Waals surface area contributed by atoms with E-state index in [1.807, 2.05) is 0 Å². The second kappa shape index (κ2) is 7.39. The molecule has 2 rings (SSSR count). The zero-order valence-electron chi connectivity index (χ0n) is 12.3. The van der Waals surface area contributed by atoms with E-state index in [0.717, 1.165) is 24.6 Å². The first-order valence-corrected chi connectivity index (χ1v) is 7.87. The van der Waals surface area contributed by atoms with Crippen LogP contribution in [0.25, 0.3) is 0 Å². The molecular formula is C16H24ClFN2. The standard InChI is InChI=1S/C16H24ClFN2/c1-3-20-8-6-14(7-9-20)12(2)19-11-13-4-5-16(18)15(17)10-13/h4-5,10,12,14,19H,3,6-9,11H2,1-2H3. The SMILES string of the molecule is CCN1CCC(C(C)NCc2ccc(F)c(Cl)c2)CC1. The van der Waals surface area contributed by atoms with Gasteiger partial charge in [0.2, 0.25) is 0 Å². The van der Waals surface area contributed by atoms with E-state index < -0.39 is 0 Å². The minimum Gasteiger partial charge on any atom is -0.310 e. The van der Waals surface area contributed by atoms with Gasteiger partial charge in [0.25, 0.3) is 0 Å². The number of halogens is 2. The van der Waals surface area contributed by atoms with E-state index in [4.69, 9.17) is 11.6 Å². The van der Waals surface area contributed by atoms with Crippen LogP contribution in [0.5, 0.6) is 0 Å². The van der Waals surface area contributed by atoms with Gasteiger partial charge >= 0.3 is 0 Å². The van der Waals surface area contributed by atoms with Gasteiger partial charge in [0, 0.05) is 12.6 Å². The summed E-state index contributed by atoms with van der Waals surface area (Å²) in [7, 11) is 0. The fraction of sp³-hybridized carbons (Fsp3) is 0.625. The van der Waals surface area contributed by atoms with Crippen LogP contribution in [0.2, 0.25) is 5.02 Å². The molecule has 1 atom stereocenters. The van der Waals surface area contributed by atoms with Crippen molar-refractivity contribution in [1.82, 2.24) is 10.2 Å². The number of hydrogen-bond acceptors (Lipinski definition) is 2. The second-order valence-electron chi connectivity index (χ2n) is 5.69. The lowest BCUT2D eigenvalue weighted by molar-refractivity contribution is 0.168. The summed E-state index contributed by atoms with van der Waals surface area (Å²) in [4.78, 5) is 2.50. The molecule has 0 amide bonds. The molecule has 1 aromatic rings. The predicted molar refractivity (Wildman–Crippen MR) is 82.5 cm³/mol. The summed E-state index contributed by atoms with van der Waals surface area (Å²) in [5, 5.41) is 3.75. The number of likely N-dealkylation sites (tertiary alicyclic amines) is 1. The average Bonchev–Trinajstić information content (AvgIpc) is 2.48. The molecule has 0 aliphatic carbocycles. The zero-order valence-corrected chi connectivity index (χ0v) is 13.1. The Kier molecular flexibility index (Phi) is 5.82. The molecule has 1 saturated heterocycles. The quantitative estimate of drug-likeness (QED) is 0.892. The minimum atomic E-state index is -0.351. The van der Waals surface area contributed by atoms with Gasteiger partial charge in [-0.2, -0.15) is 0 Å². The lowest BCUT2D eigenvalue weighted by Crippen LogP contribution is -2.41. The van der Waals surface area contributed by atoms with Crippen molar-refractivity contribution < 1.29 is 4.39 Å². The Hall–Kier alpha value is -0.640. The highest BCUT2D eigenvalue weighted by molar-refractivity contribution is 6.30. The Morgan fingerprint density at radius 1 is 1.40 bits per heavy atom. The Balaban J connectivity index is 1.80. The van der Waals surface area contributed by atoms with Gasteiger partial charge in [-0.15, -0.1) is 0 Å². The van der Waals surface area contributed by atoms with Crippen molar-refractivity contribution in [3.8, 4) is 0 Å². The molecule has 1 unspecified atom stereocenters. The summed E-state index contributed by atoms with van der Waals surface area (Å²) in [5.41, 5.74) is 1.04. The van der Waals surface area contributed by atoms with E-state index in [1.165, 1.54) is 32.0 Å². The fourth-order valence-corrected chi connectivity index (χ4v) is 3.07. The third kappa shape index (κ3) is 4.18. The van der Waals surface area contributed by atoms with Crippen molar-refractivity contribution in [3.05, 3.63) is 34.6 Å². The summed E-state index contributed by atoms with van der Waals surface area (Å²) in [6, 6.07) is 5.42. The smallest absolute Gasteiger partial charge is 0.141 e. The highest BCUT2D eigenvalue weighted by Crippen LogP contribution is 2.21. The lowest BCUT2D eigenvalue weighted by Gasteiger charge is -2.34. The van der Waals surface area contributed by atoms with E-state index in [9.17, 15) is 4.39 Å². The van der Waals surface area contributed by atoms with Crippen molar-refractivity contribution in [1.29, 1.82) is 0 Å². The van der Waals surface area contributed by atoms with Crippen LogP contribution in [0.3, 0.4) is 0 Å². The maximum atomic E-state index is 13.1. The minimum absolute atomic E-state index is 0.202. The normalized spacial score (nSPS) is 19.2. The van der Waals surface area contributed by atoms with Crippen molar-refractivity contribution in [2.75, 3.05) is 19.6 Å². The van der Waals surface area contributed by atoms with E-state index in [1.54, 1.807) is 12.1 Å². The summed E-state index contributed by atoms with van der Waals surface area (Å²) in [6.07, 6.45) is 2.51. The van der Waals surface area contributed by atoms with E-state index >= 15 is 0 Å². The molecule has 1 aliphatic rings. The number of benzene rings is 1. The van der Waals surface area contributed by atoms with Gasteiger partial charge in [-0.25, -0.2) is 4.39 Å². The Morgan fingerprint density at radius 2 is 2.10 bits per heavy atom. The first-order valence-electron chi connectivity index (χ1n) is 7.49. The van der Waals surface area contributed by atoms with Crippen molar-refractivity contribution in [2.45, 2.75) is 39.3 Å². The fourth-order valence-electron chi connectivity index (χ4n) is 2.86. The summed E-state index contributed by atoms with van der Waals surface area (Å²) >= 11 is 5.80. The molecule has 112 valence electrons. The maximum absolute atomic E-state index is 13.1. The summed E-state index contributed by atoms with van der Waals surface area (Å²) in [6.45, 7) is 8.78. The molecule has 4 heteroatoms. The maximum Gasteiger partial charge on any atom is 0.141 e. The topological polar surface area (TPSA) is 15.3 Å². The van der Waals surface area contributed by atoms with Crippen molar-refractivity contribution >= 4 is 11.6 Å². The number of nitrogens with zero attached hydrogens (tertiary/aromatic N) is 1. The monoisotopic (exact) mass is 298 g/mol. The van der Waals surface area contributed by atoms with Crippen LogP contribution in [-0.2, 0) is 6.54 Å². The first kappa shape index (κ1) is 15.7. The lowest BCUT2D eigenvalue weighted by atomic mass is 9.90. The molecule has 0 aromatic heterocycles. The molecule has 20 heavy (non-hydrogen) atoms. The van der Waals surface area contributed by atoms with Crippen molar-refractivity contribution in [2.24, 2.45) is 5.92 Å². The molecule has 1 aliphatic heterocycles. The number of nitrogens with one attached hydrogen (secondary N) is 1. The Labute approximate surface area is 126 Å². The molecule has 0 bridgehead atoms. The molecule has 2 nitrogen and oxygen atoms in total. The Bertz CT molecular complexity index is 430. The highest BCUT2D eigenvalue weighted by Gasteiger charge is 2.22.